The van der Waals surface area contributed by atoms with Crippen LogP contribution in [0.2, 0.25) is 0 Å². The molecular formula is C47H95N3O6. The number of hydrogen-bond donors (Lipinski definition) is 4. The summed E-state index contributed by atoms with van der Waals surface area (Å²) in [6.07, 6.45) is 37.3. The van der Waals surface area contributed by atoms with E-state index in [9.17, 15) is 9.59 Å². The summed E-state index contributed by atoms with van der Waals surface area (Å²) in [6, 6.07) is 0. The molecule has 1 aromatic rings. The molecule has 0 aliphatic rings. The first kappa shape index (κ1) is 60.6. The Morgan fingerprint density at radius 2 is 0.857 bits per heavy atom. The topological polar surface area (TPSA) is 136 Å². The molecule has 0 aliphatic heterocycles. The first-order chi connectivity index (χ1) is 27.2. The molecule has 9 heteroatoms. The first-order valence-corrected chi connectivity index (χ1v) is 22.7. The van der Waals surface area contributed by atoms with Crippen LogP contribution in [-0.4, -0.2) is 76.1 Å². The number of nitrogens with one attached hydrogen (secondary N) is 2. The smallest absolute Gasteiger partial charge is 0.253 e. The van der Waals surface area contributed by atoms with Gasteiger partial charge in [0.25, 0.3) is 10.9 Å². The molecule has 0 spiro atoms. The summed E-state index contributed by atoms with van der Waals surface area (Å²) in [7, 11) is 3.71. The Morgan fingerprint density at radius 3 is 1.25 bits per heavy atom. The normalized spacial score (nSPS) is 10.8. The molecule has 1 aromatic carbocycles. The molecule has 0 heterocycles. The molecule has 0 saturated carbocycles. The van der Waals surface area contributed by atoms with Crippen LogP contribution < -0.4 is 21.5 Å². The number of anilines is 2. The maximum Gasteiger partial charge on any atom is 0.253 e. The lowest BCUT2D eigenvalue weighted by atomic mass is 9.89. The van der Waals surface area contributed by atoms with Crippen LogP contribution in [0, 0.1) is 11.3 Å². The standard InChI is InChI=1S/C43H83N3O2.2CH4O.2CH2O/c1-7-9-11-13-17-23-30-38(31-24-18-14-12-10-8-2)32-25-19-15-21-27-35-46(36-28-22-16-20-26-33-43(3,4)5)37-29-34-45-40-39(44-6)41(47)42(40)48;4*1-2/h38,44-45H,7-37H2,1-6H3;2*2H,1H3;2*1H2. The van der Waals surface area contributed by atoms with Gasteiger partial charge < -0.3 is 35.3 Å². The highest BCUT2D eigenvalue weighted by Crippen LogP contribution is 2.25. The Kier molecular flexibility index (Phi) is 51.1. The molecule has 0 bridgehead atoms. The van der Waals surface area contributed by atoms with E-state index >= 15 is 0 Å². The van der Waals surface area contributed by atoms with Crippen LogP contribution in [0.3, 0.4) is 0 Å². The number of aliphatic hydroxyl groups excluding tert-OH is 2. The molecule has 0 radical (unpaired) electrons. The Labute approximate surface area is 346 Å². The predicted octanol–water partition coefficient (Wildman–Crippen LogP) is 11.1. The van der Waals surface area contributed by atoms with Crippen molar-refractivity contribution in [3.63, 3.8) is 0 Å². The molecule has 56 heavy (non-hydrogen) atoms. The molecule has 0 saturated heterocycles. The molecule has 0 aliphatic carbocycles. The Bertz CT molecular complexity index is 958. The predicted molar refractivity (Wildman–Crippen MR) is 245 cm³/mol. The fourth-order valence-corrected chi connectivity index (χ4v) is 7.33. The third-order valence-corrected chi connectivity index (χ3v) is 10.5. The average molecular weight is 798 g/mol. The lowest BCUT2D eigenvalue weighted by Gasteiger charge is -2.23. The Morgan fingerprint density at radius 1 is 0.518 bits per heavy atom. The quantitative estimate of drug-likeness (QED) is 0.0391. The minimum absolute atomic E-state index is 0.376. The van der Waals surface area contributed by atoms with Crippen molar-refractivity contribution in [2.75, 3.05) is 58.1 Å². The molecule has 0 aromatic heterocycles. The van der Waals surface area contributed by atoms with Gasteiger partial charge >= 0.3 is 0 Å². The second kappa shape index (κ2) is 47.3. The van der Waals surface area contributed by atoms with Crippen molar-refractivity contribution in [2.24, 2.45) is 11.3 Å². The number of carbonyl (C=O) groups excluding carboxylic acids is 2. The van der Waals surface area contributed by atoms with Gasteiger partial charge in [-0.2, -0.15) is 0 Å². The van der Waals surface area contributed by atoms with Crippen LogP contribution in [0.5, 0.6) is 0 Å². The summed E-state index contributed by atoms with van der Waals surface area (Å²) < 4.78 is 0. The molecule has 334 valence electrons. The fourth-order valence-electron chi connectivity index (χ4n) is 7.33. The number of aliphatic hydroxyl groups is 2. The summed E-state index contributed by atoms with van der Waals surface area (Å²) in [4.78, 5) is 42.3. The van der Waals surface area contributed by atoms with Crippen molar-refractivity contribution in [1.29, 1.82) is 0 Å². The van der Waals surface area contributed by atoms with Crippen molar-refractivity contribution in [3.05, 3.63) is 20.4 Å². The van der Waals surface area contributed by atoms with Crippen LogP contribution in [0.4, 0.5) is 11.4 Å². The summed E-state index contributed by atoms with van der Waals surface area (Å²) >= 11 is 0. The number of nitrogens with zero attached hydrogens (tertiary/aromatic N) is 1. The van der Waals surface area contributed by atoms with E-state index in [1.54, 1.807) is 7.05 Å². The van der Waals surface area contributed by atoms with E-state index in [1.165, 1.54) is 180 Å². The summed E-state index contributed by atoms with van der Waals surface area (Å²) in [5.41, 5.74) is 0.605. The zero-order valence-electron chi connectivity index (χ0n) is 38.4. The highest BCUT2D eigenvalue weighted by molar-refractivity contribution is 5.73. The highest BCUT2D eigenvalue weighted by Gasteiger charge is 2.19. The van der Waals surface area contributed by atoms with Crippen LogP contribution >= 0.6 is 0 Å². The van der Waals surface area contributed by atoms with Gasteiger partial charge in [-0.1, -0.05) is 182 Å². The Hall–Kier alpha value is -2.10. The molecule has 0 atom stereocenters. The maximum atomic E-state index is 11.9. The first-order valence-electron chi connectivity index (χ1n) is 22.7. The molecule has 0 fully saturated rings. The minimum Gasteiger partial charge on any atom is -0.400 e. The number of carbonyl (C=O) groups is 2. The number of rotatable bonds is 35. The molecule has 1 rings (SSSR count). The van der Waals surface area contributed by atoms with Gasteiger partial charge in [-0.25, -0.2) is 0 Å². The van der Waals surface area contributed by atoms with E-state index in [0.29, 0.717) is 16.8 Å². The Balaban J connectivity index is -0.00000158. The third kappa shape index (κ3) is 37.5. The molecule has 0 amide bonds. The van der Waals surface area contributed by atoms with Crippen molar-refractivity contribution < 1.29 is 19.8 Å². The van der Waals surface area contributed by atoms with Gasteiger partial charge in [0.15, 0.2) is 0 Å². The van der Waals surface area contributed by atoms with Crippen LogP contribution in [0.15, 0.2) is 9.59 Å². The summed E-state index contributed by atoms with van der Waals surface area (Å²) in [6.45, 7) is 19.8. The molecule has 4 N–H and O–H groups in total. The van der Waals surface area contributed by atoms with Crippen molar-refractivity contribution in [2.45, 2.75) is 208 Å². The number of hydrogen-bond acceptors (Lipinski definition) is 9. The van der Waals surface area contributed by atoms with E-state index in [4.69, 9.17) is 19.8 Å². The maximum absolute atomic E-state index is 11.9. The SMILES string of the molecule is C=O.C=O.CCCCCCCCC(CCCCCCCC)CCCCCCCN(CCCCCCCC(C)(C)C)CCCNc1c(NC)c(=O)c1=O.CO.CO. The third-order valence-electron chi connectivity index (χ3n) is 10.5. The monoisotopic (exact) mass is 798 g/mol. The average Bonchev–Trinajstić information content (AvgIpc) is 3.22. The van der Waals surface area contributed by atoms with E-state index in [0.717, 1.165) is 39.6 Å². The van der Waals surface area contributed by atoms with Gasteiger partial charge in [0.2, 0.25) is 0 Å². The second-order valence-corrected chi connectivity index (χ2v) is 16.4. The van der Waals surface area contributed by atoms with Crippen LogP contribution in [-0.2, 0) is 9.59 Å². The largest absolute Gasteiger partial charge is 0.400 e. The number of unbranched alkanes of at least 4 members (excludes halogenated alkanes) is 18. The molecule has 9 nitrogen and oxygen atoms in total. The summed E-state index contributed by atoms with van der Waals surface area (Å²) in [5.74, 6) is 0.966. The van der Waals surface area contributed by atoms with Gasteiger partial charge in [-0.05, 0) is 56.7 Å². The zero-order chi connectivity index (χ0) is 43.3. The van der Waals surface area contributed by atoms with Crippen molar-refractivity contribution >= 4 is 25.0 Å². The van der Waals surface area contributed by atoms with E-state index < -0.39 is 5.43 Å². The van der Waals surface area contributed by atoms with Crippen molar-refractivity contribution in [3.8, 4) is 0 Å². The van der Waals surface area contributed by atoms with Gasteiger partial charge in [-0.3, -0.25) is 9.59 Å². The molecular weight excluding hydrogens is 703 g/mol. The van der Waals surface area contributed by atoms with E-state index in [1.807, 2.05) is 13.6 Å². The fraction of sp³-hybridized carbons (Fsp3) is 0.872. The van der Waals surface area contributed by atoms with Gasteiger partial charge in [0, 0.05) is 27.8 Å². The minimum atomic E-state index is -0.393. The second-order valence-electron chi connectivity index (χ2n) is 16.4. The summed E-state index contributed by atoms with van der Waals surface area (Å²) in [5, 5.41) is 20.1. The molecule has 0 unspecified atom stereocenters. The van der Waals surface area contributed by atoms with E-state index in [2.05, 4.69) is 50.2 Å². The zero-order valence-corrected chi connectivity index (χ0v) is 38.4. The van der Waals surface area contributed by atoms with Crippen LogP contribution in [0.1, 0.15) is 208 Å². The van der Waals surface area contributed by atoms with Gasteiger partial charge in [0.1, 0.15) is 25.0 Å². The van der Waals surface area contributed by atoms with Crippen molar-refractivity contribution in [1.82, 2.24) is 4.90 Å². The van der Waals surface area contributed by atoms with E-state index in [-0.39, 0.29) is 5.43 Å². The van der Waals surface area contributed by atoms with Crippen LogP contribution in [0.25, 0.3) is 0 Å². The lowest BCUT2D eigenvalue weighted by molar-refractivity contribution is -0.0987. The highest BCUT2D eigenvalue weighted by atomic mass is 16.2. The lowest BCUT2D eigenvalue weighted by Crippen LogP contribution is -2.37. The van der Waals surface area contributed by atoms with Gasteiger partial charge in [-0.15, -0.1) is 0 Å². The van der Waals surface area contributed by atoms with Gasteiger partial charge in [0.05, 0.1) is 0 Å².